The summed E-state index contributed by atoms with van der Waals surface area (Å²) in [6, 6.07) is 10.3. The van der Waals surface area contributed by atoms with E-state index in [9.17, 15) is 4.79 Å². The first-order chi connectivity index (χ1) is 11.8. The molecule has 3 N–H and O–H groups in total. The average molecular weight is 325 g/mol. The highest BCUT2D eigenvalue weighted by atomic mass is 16.2. The number of aromatic nitrogens is 2. The monoisotopic (exact) mass is 325 g/mol. The van der Waals surface area contributed by atoms with Crippen LogP contribution in [-0.4, -0.2) is 27.8 Å². The number of nitrogens with zero attached hydrogens (tertiary/aromatic N) is 2. The Morgan fingerprint density at radius 2 is 2.04 bits per heavy atom. The fraction of sp³-hybridized carbons (Fsp3) is 0.444. The van der Waals surface area contributed by atoms with Crippen LogP contribution in [0.2, 0.25) is 0 Å². The number of hydrogen-bond acceptors (Lipinski definition) is 4. The van der Waals surface area contributed by atoms with E-state index in [2.05, 4.69) is 21.3 Å². The predicted octanol–water partition coefficient (Wildman–Crippen LogP) is 1.52. The van der Waals surface area contributed by atoms with E-state index in [0.29, 0.717) is 18.5 Å². The summed E-state index contributed by atoms with van der Waals surface area (Å²) in [4.78, 5) is 12.5. The van der Waals surface area contributed by atoms with Crippen LogP contribution >= 0.6 is 0 Å². The second-order valence-electron chi connectivity index (χ2n) is 6.67. The van der Waals surface area contributed by atoms with Crippen molar-refractivity contribution in [2.24, 2.45) is 5.92 Å². The van der Waals surface area contributed by atoms with Gasteiger partial charge in [0.2, 0.25) is 5.91 Å². The number of rotatable bonds is 4. The van der Waals surface area contributed by atoms with Gasteiger partial charge >= 0.3 is 0 Å². The van der Waals surface area contributed by atoms with Crippen LogP contribution in [0.15, 0.2) is 42.7 Å². The van der Waals surface area contributed by atoms with E-state index < -0.39 is 0 Å². The van der Waals surface area contributed by atoms with Crippen LogP contribution < -0.4 is 16.2 Å². The highest BCUT2D eigenvalue weighted by Crippen LogP contribution is 2.30. The van der Waals surface area contributed by atoms with Crippen LogP contribution in [0.1, 0.15) is 31.2 Å². The van der Waals surface area contributed by atoms with E-state index in [0.717, 1.165) is 24.1 Å². The Morgan fingerprint density at radius 1 is 1.21 bits per heavy atom. The van der Waals surface area contributed by atoms with Crippen molar-refractivity contribution in [2.75, 3.05) is 0 Å². The lowest BCUT2D eigenvalue weighted by Crippen LogP contribution is -2.45. The molecule has 3 unspecified atom stereocenters. The molecular formula is C18H23N5O. The molecule has 1 aliphatic carbocycles. The Balaban J connectivity index is 1.35. The molecule has 2 fully saturated rings. The van der Waals surface area contributed by atoms with Gasteiger partial charge in [0.25, 0.3) is 0 Å². The first-order valence-electron chi connectivity index (χ1n) is 8.69. The zero-order chi connectivity index (χ0) is 16.4. The van der Waals surface area contributed by atoms with E-state index in [1.165, 1.54) is 12.8 Å². The normalized spacial score (nSPS) is 26.1. The smallest absolute Gasteiger partial charge is 0.239 e. The van der Waals surface area contributed by atoms with Crippen molar-refractivity contribution < 1.29 is 4.79 Å². The maximum atomic E-state index is 12.5. The number of fused-ring (bicyclic) bond motifs is 1. The second-order valence-corrected chi connectivity index (χ2v) is 6.67. The lowest BCUT2D eigenvalue weighted by molar-refractivity contribution is -0.124. The molecule has 2 aromatic rings. The maximum absolute atomic E-state index is 12.5. The van der Waals surface area contributed by atoms with Crippen LogP contribution in [0.25, 0.3) is 5.69 Å². The summed E-state index contributed by atoms with van der Waals surface area (Å²) in [7, 11) is 0. The summed E-state index contributed by atoms with van der Waals surface area (Å²) >= 11 is 0. The number of amides is 1. The Hall–Kier alpha value is -2.18. The maximum Gasteiger partial charge on any atom is 0.239 e. The molecule has 1 aromatic heterocycles. The largest absolute Gasteiger partial charge is 0.350 e. The van der Waals surface area contributed by atoms with Crippen LogP contribution in [0, 0.1) is 5.92 Å². The average Bonchev–Trinajstić information content (AvgIpc) is 3.27. The van der Waals surface area contributed by atoms with Gasteiger partial charge < -0.3 is 5.32 Å². The molecule has 6 nitrogen and oxygen atoms in total. The SMILES string of the molecule is O=C(NCc1cnn(-c2ccccc2)c1)C1NNC2CCCCC21. The Morgan fingerprint density at radius 3 is 2.92 bits per heavy atom. The number of nitrogens with one attached hydrogen (secondary N) is 3. The first kappa shape index (κ1) is 15.4. The second kappa shape index (κ2) is 6.75. The molecule has 1 saturated carbocycles. The van der Waals surface area contributed by atoms with Crippen molar-refractivity contribution in [3.05, 3.63) is 48.3 Å². The van der Waals surface area contributed by atoms with Crippen molar-refractivity contribution in [2.45, 2.75) is 44.3 Å². The lowest BCUT2D eigenvalue weighted by Gasteiger charge is -2.26. The van der Waals surface area contributed by atoms with Crippen molar-refractivity contribution in [3.63, 3.8) is 0 Å². The minimum Gasteiger partial charge on any atom is -0.350 e. The van der Waals surface area contributed by atoms with Crippen LogP contribution in [-0.2, 0) is 11.3 Å². The van der Waals surface area contributed by atoms with Crippen LogP contribution in [0.5, 0.6) is 0 Å². The Bertz CT molecular complexity index is 698. The minimum absolute atomic E-state index is 0.0735. The predicted molar refractivity (Wildman–Crippen MR) is 91.2 cm³/mol. The summed E-state index contributed by atoms with van der Waals surface area (Å²) in [5.74, 6) is 0.482. The van der Waals surface area contributed by atoms with Crippen molar-refractivity contribution in [3.8, 4) is 5.69 Å². The summed E-state index contributed by atoms with van der Waals surface area (Å²) < 4.78 is 1.83. The quantitative estimate of drug-likeness (QED) is 0.797. The molecule has 4 rings (SSSR count). The molecule has 0 radical (unpaired) electrons. The van der Waals surface area contributed by atoms with Gasteiger partial charge in [-0.2, -0.15) is 5.10 Å². The summed E-state index contributed by atoms with van der Waals surface area (Å²) in [5.41, 5.74) is 8.48. The number of para-hydroxylation sites is 1. The van der Waals surface area contributed by atoms with Gasteiger partial charge in [0.05, 0.1) is 11.9 Å². The molecule has 1 amide bonds. The van der Waals surface area contributed by atoms with E-state index in [-0.39, 0.29) is 11.9 Å². The molecule has 1 aromatic carbocycles. The van der Waals surface area contributed by atoms with Gasteiger partial charge in [0.15, 0.2) is 0 Å². The van der Waals surface area contributed by atoms with E-state index in [4.69, 9.17) is 0 Å². The molecule has 2 aliphatic rings. The van der Waals surface area contributed by atoms with Crippen molar-refractivity contribution in [1.82, 2.24) is 25.9 Å². The van der Waals surface area contributed by atoms with Gasteiger partial charge in [0.1, 0.15) is 6.04 Å². The number of hydrogen-bond donors (Lipinski definition) is 3. The zero-order valence-corrected chi connectivity index (χ0v) is 13.6. The number of carbonyl (C=O) groups is 1. The summed E-state index contributed by atoms with van der Waals surface area (Å²) in [5, 5.41) is 7.41. The highest BCUT2D eigenvalue weighted by molar-refractivity contribution is 5.82. The Kier molecular flexibility index (Phi) is 4.32. The van der Waals surface area contributed by atoms with Crippen LogP contribution in [0.4, 0.5) is 0 Å². The third-order valence-electron chi connectivity index (χ3n) is 5.08. The molecule has 3 atom stereocenters. The van der Waals surface area contributed by atoms with Crippen molar-refractivity contribution in [1.29, 1.82) is 0 Å². The molecule has 6 heteroatoms. The van der Waals surface area contributed by atoms with Gasteiger partial charge in [-0.15, -0.1) is 0 Å². The van der Waals surface area contributed by atoms with Gasteiger partial charge in [-0.05, 0) is 25.0 Å². The molecular weight excluding hydrogens is 302 g/mol. The molecule has 0 spiro atoms. The number of benzene rings is 1. The van der Waals surface area contributed by atoms with Gasteiger partial charge in [-0.3, -0.25) is 10.2 Å². The first-order valence-corrected chi connectivity index (χ1v) is 8.69. The molecule has 2 heterocycles. The molecule has 1 saturated heterocycles. The minimum atomic E-state index is -0.125. The number of carbonyl (C=O) groups excluding carboxylic acids is 1. The molecule has 126 valence electrons. The van der Waals surface area contributed by atoms with Crippen LogP contribution in [0.3, 0.4) is 0 Å². The summed E-state index contributed by atoms with van der Waals surface area (Å²) in [6.07, 6.45) is 8.51. The van der Waals surface area contributed by atoms with Gasteiger partial charge in [-0.1, -0.05) is 31.0 Å². The summed E-state index contributed by atoms with van der Waals surface area (Å²) in [6.45, 7) is 0.501. The standard InChI is InChI=1S/C18H23N5O/c24-18(17-15-8-4-5-9-16(15)21-22-17)19-10-13-11-20-23(12-13)14-6-2-1-3-7-14/h1-3,6-7,11-12,15-17,21-22H,4-5,8-10H2,(H,19,24). The molecule has 24 heavy (non-hydrogen) atoms. The fourth-order valence-electron chi connectivity index (χ4n) is 3.77. The topological polar surface area (TPSA) is 71.0 Å². The third-order valence-corrected chi connectivity index (χ3v) is 5.08. The van der Waals surface area contributed by atoms with E-state index in [1.54, 1.807) is 6.20 Å². The fourth-order valence-corrected chi connectivity index (χ4v) is 3.77. The molecule has 0 bridgehead atoms. The number of hydrazine groups is 1. The zero-order valence-electron chi connectivity index (χ0n) is 13.6. The van der Waals surface area contributed by atoms with Gasteiger partial charge in [-0.25, -0.2) is 10.1 Å². The highest BCUT2D eigenvalue weighted by Gasteiger charge is 2.40. The molecule has 1 aliphatic heterocycles. The van der Waals surface area contributed by atoms with Crippen molar-refractivity contribution >= 4 is 5.91 Å². The van der Waals surface area contributed by atoms with Gasteiger partial charge in [0, 0.05) is 30.3 Å². The lowest BCUT2D eigenvalue weighted by atomic mass is 9.81. The Labute approximate surface area is 141 Å². The van der Waals surface area contributed by atoms with E-state index >= 15 is 0 Å². The van der Waals surface area contributed by atoms with E-state index in [1.807, 2.05) is 41.2 Å². The third kappa shape index (κ3) is 3.07.